The molecule has 1 aromatic rings. The third-order valence-corrected chi connectivity index (χ3v) is 1.95. The second-order valence-electron chi connectivity index (χ2n) is 3.80. The molecule has 0 aliphatic rings. The quantitative estimate of drug-likeness (QED) is 0.649. The highest BCUT2D eigenvalue weighted by molar-refractivity contribution is 5.94. The van der Waals surface area contributed by atoms with E-state index in [1.807, 2.05) is 13.8 Å². The topological polar surface area (TPSA) is 78.0 Å². The second kappa shape index (κ2) is 4.23. The molecule has 0 spiro atoms. The van der Waals surface area contributed by atoms with Gasteiger partial charge in [0.1, 0.15) is 0 Å². The zero-order valence-electron chi connectivity index (χ0n) is 8.37. The fourth-order valence-corrected chi connectivity index (χ4v) is 1.10. The first-order valence-electron chi connectivity index (χ1n) is 4.47. The Hall–Kier alpha value is -1.36. The van der Waals surface area contributed by atoms with Crippen LogP contribution in [0, 0.1) is 0 Å². The Balaban J connectivity index is 2.57. The van der Waals surface area contributed by atoms with Crippen molar-refractivity contribution in [2.45, 2.75) is 25.8 Å². The van der Waals surface area contributed by atoms with Crippen LogP contribution in [0.3, 0.4) is 0 Å². The Kier molecular flexibility index (Phi) is 3.24. The standard InChI is InChI=1S/C9H15N3O2/c1-9(2,3-4-13)12-8(14)7-5-10-11-6-7/h5-6,13H,3-4H2,1-2H3,(H,10,11)(H,12,14). The molecule has 0 aliphatic heterocycles. The molecule has 0 atom stereocenters. The zero-order chi connectivity index (χ0) is 10.6. The van der Waals surface area contributed by atoms with E-state index in [9.17, 15) is 4.79 Å². The molecule has 0 aromatic carbocycles. The number of H-pyrrole nitrogens is 1. The summed E-state index contributed by atoms with van der Waals surface area (Å²) >= 11 is 0. The van der Waals surface area contributed by atoms with Crippen molar-refractivity contribution in [3.63, 3.8) is 0 Å². The zero-order valence-corrected chi connectivity index (χ0v) is 8.37. The number of hydrogen-bond donors (Lipinski definition) is 3. The lowest BCUT2D eigenvalue weighted by Crippen LogP contribution is -2.43. The molecule has 3 N–H and O–H groups in total. The first kappa shape index (κ1) is 10.7. The Labute approximate surface area is 82.5 Å². The molecule has 1 rings (SSSR count). The van der Waals surface area contributed by atoms with Gasteiger partial charge in [-0.2, -0.15) is 5.10 Å². The van der Waals surface area contributed by atoms with E-state index in [4.69, 9.17) is 5.11 Å². The predicted octanol–water partition coefficient (Wildman–Crippen LogP) is 0.300. The van der Waals surface area contributed by atoms with E-state index >= 15 is 0 Å². The van der Waals surface area contributed by atoms with Crippen molar-refractivity contribution in [2.75, 3.05) is 6.61 Å². The number of amides is 1. The smallest absolute Gasteiger partial charge is 0.254 e. The van der Waals surface area contributed by atoms with Gasteiger partial charge in [-0.05, 0) is 20.3 Å². The highest BCUT2D eigenvalue weighted by Crippen LogP contribution is 2.08. The van der Waals surface area contributed by atoms with Gasteiger partial charge in [0, 0.05) is 18.3 Å². The summed E-state index contributed by atoms with van der Waals surface area (Å²) in [6.45, 7) is 3.78. The Morgan fingerprint density at radius 2 is 2.43 bits per heavy atom. The summed E-state index contributed by atoms with van der Waals surface area (Å²) in [5.41, 5.74) is 0.0966. The predicted molar refractivity (Wildman–Crippen MR) is 51.8 cm³/mol. The first-order chi connectivity index (χ1) is 6.55. The van der Waals surface area contributed by atoms with Crippen LogP contribution in [0.4, 0.5) is 0 Å². The van der Waals surface area contributed by atoms with E-state index in [-0.39, 0.29) is 12.5 Å². The highest BCUT2D eigenvalue weighted by atomic mass is 16.3. The third kappa shape index (κ3) is 2.85. The lowest BCUT2D eigenvalue weighted by atomic mass is 10.0. The van der Waals surface area contributed by atoms with Crippen molar-refractivity contribution >= 4 is 5.91 Å². The minimum atomic E-state index is -0.400. The van der Waals surface area contributed by atoms with Gasteiger partial charge in [0.25, 0.3) is 5.91 Å². The number of aromatic nitrogens is 2. The molecule has 0 fully saturated rings. The first-order valence-corrected chi connectivity index (χ1v) is 4.47. The molecule has 0 unspecified atom stereocenters. The van der Waals surface area contributed by atoms with E-state index in [1.54, 1.807) is 0 Å². The van der Waals surface area contributed by atoms with Gasteiger partial charge in [-0.15, -0.1) is 0 Å². The van der Waals surface area contributed by atoms with Crippen molar-refractivity contribution in [1.29, 1.82) is 0 Å². The number of aliphatic hydroxyl groups excluding tert-OH is 1. The van der Waals surface area contributed by atoms with E-state index < -0.39 is 5.54 Å². The van der Waals surface area contributed by atoms with E-state index in [0.717, 1.165) is 0 Å². The monoisotopic (exact) mass is 197 g/mol. The van der Waals surface area contributed by atoms with E-state index in [2.05, 4.69) is 15.5 Å². The van der Waals surface area contributed by atoms with Crippen molar-refractivity contribution in [1.82, 2.24) is 15.5 Å². The number of carbonyl (C=O) groups excluding carboxylic acids is 1. The van der Waals surface area contributed by atoms with Crippen LogP contribution in [-0.2, 0) is 0 Å². The number of hydrogen-bond acceptors (Lipinski definition) is 3. The lowest BCUT2D eigenvalue weighted by Gasteiger charge is -2.24. The van der Waals surface area contributed by atoms with E-state index in [0.29, 0.717) is 12.0 Å². The summed E-state index contributed by atoms with van der Waals surface area (Å²) in [5, 5.41) is 17.8. The summed E-state index contributed by atoms with van der Waals surface area (Å²) < 4.78 is 0. The van der Waals surface area contributed by atoms with Crippen LogP contribution in [0.25, 0.3) is 0 Å². The van der Waals surface area contributed by atoms with Gasteiger partial charge in [0.15, 0.2) is 0 Å². The average molecular weight is 197 g/mol. The molecular formula is C9H15N3O2. The van der Waals surface area contributed by atoms with Gasteiger partial charge in [0.2, 0.25) is 0 Å². The Morgan fingerprint density at radius 1 is 1.71 bits per heavy atom. The summed E-state index contributed by atoms with van der Waals surface area (Å²) in [7, 11) is 0. The molecule has 0 saturated carbocycles. The number of rotatable bonds is 4. The van der Waals surface area contributed by atoms with Crippen LogP contribution in [-0.4, -0.2) is 33.4 Å². The molecule has 0 radical (unpaired) electrons. The van der Waals surface area contributed by atoms with Crippen molar-refractivity contribution in [3.05, 3.63) is 18.0 Å². The molecule has 14 heavy (non-hydrogen) atoms. The van der Waals surface area contributed by atoms with Crippen molar-refractivity contribution < 1.29 is 9.90 Å². The number of aliphatic hydroxyl groups is 1. The van der Waals surface area contributed by atoms with Crippen LogP contribution in [0.5, 0.6) is 0 Å². The number of aromatic amines is 1. The maximum Gasteiger partial charge on any atom is 0.254 e. The van der Waals surface area contributed by atoms with Crippen molar-refractivity contribution in [2.24, 2.45) is 0 Å². The van der Waals surface area contributed by atoms with Crippen LogP contribution >= 0.6 is 0 Å². The van der Waals surface area contributed by atoms with Gasteiger partial charge in [0.05, 0.1) is 11.8 Å². The van der Waals surface area contributed by atoms with Gasteiger partial charge in [-0.1, -0.05) is 0 Å². The molecule has 0 aliphatic carbocycles. The summed E-state index contributed by atoms with van der Waals surface area (Å²) in [5.74, 6) is -0.183. The van der Waals surface area contributed by atoms with Crippen LogP contribution in [0.2, 0.25) is 0 Å². The number of carbonyl (C=O) groups is 1. The van der Waals surface area contributed by atoms with Gasteiger partial charge in [-0.3, -0.25) is 9.89 Å². The number of nitrogens with one attached hydrogen (secondary N) is 2. The molecule has 78 valence electrons. The molecule has 0 bridgehead atoms. The van der Waals surface area contributed by atoms with Gasteiger partial charge in [-0.25, -0.2) is 0 Å². The molecule has 1 amide bonds. The van der Waals surface area contributed by atoms with Crippen LogP contribution in [0.15, 0.2) is 12.4 Å². The fraction of sp³-hybridized carbons (Fsp3) is 0.556. The largest absolute Gasteiger partial charge is 0.396 e. The SMILES string of the molecule is CC(C)(CCO)NC(=O)c1cn[nH]c1. The summed E-state index contributed by atoms with van der Waals surface area (Å²) in [6.07, 6.45) is 3.52. The van der Waals surface area contributed by atoms with Crippen molar-refractivity contribution in [3.8, 4) is 0 Å². The third-order valence-electron chi connectivity index (χ3n) is 1.95. The second-order valence-corrected chi connectivity index (χ2v) is 3.80. The summed E-state index contributed by atoms with van der Waals surface area (Å²) in [6, 6.07) is 0. The minimum Gasteiger partial charge on any atom is -0.396 e. The minimum absolute atomic E-state index is 0.0542. The highest BCUT2D eigenvalue weighted by Gasteiger charge is 2.20. The van der Waals surface area contributed by atoms with Crippen LogP contribution < -0.4 is 5.32 Å². The molecule has 5 heteroatoms. The average Bonchev–Trinajstić information content (AvgIpc) is 2.53. The Bertz CT molecular complexity index is 293. The fourth-order valence-electron chi connectivity index (χ4n) is 1.10. The van der Waals surface area contributed by atoms with Crippen LogP contribution in [0.1, 0.15) is 30.6 Å². The maximum atomic E-state index is 11.5. The molecule has 5 nitrogen and oxygen atoms in total. The Morgan fingerprint density at radius 3 is 2.93 bits per heavy atom. The summed E-state index contributed by atoms with van der Waals surface area (Å²) in [4.78, 5) is 11.5. The number of nitrogens with zero attached hydrogens (tertiary/aromatic N) is 1. The molecular weight excluding hydrogens is 182 g/mol. The van der Waals surface area contributed by atoms with Gasteiger partial charge >= 0.3 is 0 Å². The lowest BCUT2D eigenvalue weighted by molar-refractivity contribution is 0.0899. The maximum absolute atomic E-state index is 11.5. The van der Waals surface area contributed by atoms with Gasteiger partial charge < -0.3 is 10.4 Å². The molecule has 1 aromatic heterocycles. The van der Waals surface area contributed by atoms with E-state index in [1.165, 1.54) is 12.4 Å². The molecule has 0 saturated heterocycles. The molecule has 1 heterocycles. The normalized spacial score (nSPS) is 11.4.